The van der Waals surface area contributed by atoms with Gasteiger partial charge in [-0.25, -0.2) is 8.78 Å². The molecule has 0 aromatic heterocycles. The predicted molar refractivity (Wildman–Crippen MR) is 64.6 cm³/mol. The molecule has 1 atom stereocenters. The second-order valence-electron chi connectivity index (χ2n) is 5.44. The van der Waals surface area contributed by atoms with E-state index in [1.54, 1.807) is 19.1 Å². The summed E-state index contributed by atoms with van der Waals surface area (Å²) in [4.78, 5) is 0. The van der Waals surface area contributed by atoms with Crippen molar-refractivity contribution in [2.24, 2.45) is 11.1 Å². The summed E-state index contributed by atoms with van der Waals surface area (Å²) in [6, 6.07) is 2.81. The summed E-state index contributed by atoms with van der Waals surface area (Å²) in [7, 11) is 0. The van der Waals surface area contributed by atoms with Crippen molar-refractivity contribution in [1.29, 1.82) is 0 Å². The minimum atomic E-state index is -0.773. The summed E-state index contributed by atoms with van der Waals surface area (Å²) in [6.07, 6.45) is 4.23. The summed E-state index contributed by atoms with van der Waals surface area (Å²) in [5, 5.41) is 0. The molecule has 0 radical (unpaired) electrons. The first-order chi connectivity index (χ1) is 7.96. The van der Waals surface area contributed by atoms with Crippen molar-refractivity contribution >= 4 is 0 Å². The average Bonchev–Trinajstić information content (AvgIpc) is 2.74. The van der Waals surface area contributed by atoms with Gasteiger partial charge >= 0.3 is 0 Å². The average molecular weight is 239 g/mol. The summed E-state index contributed by atoms with van der Waals surface area (Å²) < 4.78 is 27.4. The summed E-state index contributed by atoms with van der Waals surface area (Å²) in [6.45, 7) is 3.63. The van der Waals surface area contributed by atoms with Crippen LogP contribution in [0.5, 0.6) is 0 Å². The molecule has 1 fully saturated rings. The quantitative estimate of drug-likeness (QED) is 0.833. The van der Waals surface area contributed by atoms with E-state index in [1.165, 1.54) is 0 Å². The molecule has 2 N–H and O–H groups in total. The standard InChI is InChI=1S/C14H19F2N/c1-9-5-6-10(12(16)11(9)15)13(17)14(2)7-3-4-8-14/h5-6,13H,3-4,7-8,17H2,1-2H3. The van der Waals surface area contributed by atoms with Crippen molar-refractivity contribution in [3.63, 3.8) is 0 Å². The molecule has 1 saturated carbocycles. The van der Waals surface area contributed by atoms with Crippen LogP contribution in [0.1, 0.15) is 49.8 Å². The Balaban J connectivity index is 2.37. The molecule has 3 heteroatoms. The molecule has 0 amide bonds. The lowest BCUT2D eigenvalue weighted by Gasteiger charge is -2.31. The van der Waals surface area contributed by atoms with Crippen LogP contribution in [0.25, 0.3) is 0 Å². The molecule has 0 heterocycles. The number of benzene rings is 1. The molecule has 1 aliphatic rings. The van der Waals surface area contributed by atoms with E-state index < -0.39 is 17.7 Å². The molecule has 94 valence electrons. The molecular weight excluding hydrogens is 220 g/mol. The monoisotopic (exact) mass is 239 g/mol. The molecule has 1 nitrogen and oxygen atoms in total. The van der Waals surface area contributed by atoms with Gasteiger partial charge in [0.25, 0.3) is 0 Å². The highest BCUT2D eigenvalue weighted by atomic mass is 19.2. The Labute approximate surface area is 101 Å². The third-order valence-corrected chi connectivity index (χ3v) is 4.14. The maximum Gasteiger partial charge on any atom is 0.163 e. The topological polar surface area (TPSA) is 26.0 Å². The Kier molecular flexibility index (Phi) is 3.21. The molecule has 0 aliphatic heterocycles. The van der Waals surface area contributed by atoms with Crippen molar-refractivity contribution in [3.8, 4) is 0 Å². The van der Waals surface area contributed by atoms with Crippen LogP contribution in [0.2, 0.25) is 0 Å². The maximum atomic E-state index is 13.9. The van der Waals surface area contributed by atoms with E-state index in [0.29, 0.717) is 11.1 Å². The maximum absolute atomic E-state index is 13.9. The highest BCUT2D eigenvalue weighted by Gasteiger charge is 2.37. The zero-order valence-corrected chi connectivity index (χ0v) is 10.4. The SMILES string of the molecule is Cc1ccc(C(N)C2(C)CCCC2)c(F)c1F. The van der Waals surface area contributed by atoms with Crippen LogP contribution in [0.15, 0.2) is 12.1 Å². The molecule has 1 aromatic rings. The highest BCUT2D eigenvalue weighted by molar-refractivity contribution is 5.29. The van der Waals surface area contributed by atoms with Crippen LogP contribution in [0.4, 0.5) is 8.78 Å². The van der Waals surface area contributed by atoms with Crippen LogP contribution in [0, 0.1) is 24.0 Å². The van der Waals surface area contributed by atoms with Crippen molar-refractivity contribution in [2.75, 3.05) is 0 Å². The van der Waals surface area contributed by atoms with E-state index in [2.05, 4.69) is 6.92 Å². The molecule has 0 saturated heterocycles. The van der Waals surface area contributed by atoms with Crippen molar-refractivity contribution in [3.05, 3.63) is 34.9 Å². The Morgan fingerprint density at radius 2 is 1.76 bits per heavy atom. The lowest BCUT2D eigenvalue weighted by molar-refractivity contribution is 0.258. The number of hydrogen-bond acceptors (Lipinski definition) is 1. The van der Waals surface area contributed by atoms with Crippen LogP contribution in [-0.2, 0) is 0 Å². The lowest BCUT2D eigenvalue weighted by atomic mass is 9.77. The first-order valence-electron chi connectivity index (χ1n) is 6.16. The first kappa shape index (κ1) is 12.5. The van der Waals surface area contributed by atoms with Gasteiger partial charge in [0.1, 0.15) is 0 Å². The molecule has 1 aromatic carbocycles. The zero-order chi connectivity index (χ0) is 12.6. The van der Waals surface area contributed by atoms with E-state index in [0.717, 1.165) is 25.7 Å². The van der Waals surface area contributed by atoms with Gasteiger partial charge in [0, 0.05) is 11.6 Å². The normalized spacial score (nSPS) is 20.5. The third kappa shape index (κ3) is 2.08. The molecule has 0 bridgehead atoms. The minimum Gasteiger partial charge on any atom is -0.323 e. The predicted octanol–water partition coefficient (Wildman–Crippen LogP) is 3.85. The minimum absolute atomic E-state index is 0.0947. The van der Waals surface area contributed by atoms with Crippen LogP contribution in [0.3, 0.4) is 0 Å². The second-order valence-corrected chi connectivity index (χ2v) is 5.44. The molecule has 1 unspecified atom stereocenters. The molecular formula is C14H19F2N. The number of rotatable bonds is 2. The number of halogens is 2. The van der Waals surface area contributed by atoms with Crippen molar-refractivity contribution in [2.45, 2.75) is 45.6 Å². The third-order valence-electron chi connectivity index (χ3n) is 4.14. The van der Waals surface area contributed by atoms with Crippen LogP contribution >= 0.6 is 0 Å². The van der Waals surface area contributed by atoms with Gasteiger partial charge in [-0.1, -0.05) is 31.9 Å². The summed E-state index contributed by atoms with van der Waals surface area (Å²) in [5.74, 6) is -1.54. The Hall–Kier alpha value is -0.960. The van der Waals surface area contributed by atoms with E-state index in [4.69, 9.17) is 5.73 Å². The van der Waals surface area contributed by atoms with Gasteiger partial charge in [0.2, 0.25) is 0 Å². The molecule has 2 rings (SSSR count). The fraction of sp³-hybridized carbons (Fsp3) is 0.571. The lowest BCUT2D eigenvalue weighted by Crippen LogP contribution is -2.30. The Morgan fingerprint density at radius 1 is 1.18 bits per heavy atom. The van der Waals surface area contributed by atoms with Gasteiger partial charge in [0.05, 0.1) is 0 Å². The van der Waals surface area contributed by atoms with Gasteiger partial charge in [-0.2, -0.15) is 0 Å². The van der Waals surface area contributed by atoms with Crippen molar-refractivity contribution < 1.29 is 8.78 Å². The Morgan fingerprint density at radius 3 is 2.35 bits per heavy atom. The van der Waals surface area contributed by atoms with Crippen LogP contribution in [-0.4, -0.2) is 0 Å². The summed E-state index contributed by atoms with van der Waals surface area (Å²) >= 11 is 0. The van der Waals surface area contributed by atoms with E-state index in [1.807, 2.05) is 0 Å². The fourth-order valence-corrected chi connectivity index (χ4v) is 2.77. The Bertz CT molecular complexity index is 422. The molecule has 17 heavy (non-hydrogen) atoms. The van der Waals surface area contributed by atoms with Gasteiger partial charge < -0.3 is 5.73 Å². The number of nitrogens with two attached hydrogens (primary N) is 1. The van der Waals surface area contributed by atoms with E-state index >= 15 is 0 Å². The van der Waals surface area contributed by atoms with Crippen molar-refractivity contribution in [1.82, 2.24) is 0 Å². The first-order valence-corrected chi connectivity index (χ1v) is 6.16. The van der Waals surface area contributed by atoms with Crippen LogP contribution < -0.4 is 5.73 Å². The number of aryl methyl sites for hydroxylation is 1. The van der Waals surface area contributed by atoms with Gasteiger partial charge in [0.15, 0.2) is 11.6 Å². The van der Waals surface area contributed by atoms with Gasteiger partial charge in [-0.3, -0.25) is 0 Å². The molecule has 1 aliphatic carbocycles. The van der Waals surface area contributed by atoms with E-state index in [9.17, 15) is 8.78 Å². The fourth-order valence-electron chi connectivity index (χ4n) is 2.77. The highest BCUT2D eigenvalue weighted by Crippen LogP contribution is 2.46. The smallest absolute Gasteiger partial charge is 0.163 e. The van der Waals surface area contributed by atoms with Gasteiger partial charge in [-0.15, -0.1) is 0 Å². The summed E-state index contributed by atoms with van der Waals surface area (Å²) in [5.41, 5.74) is 6.70. The van der Waals surface area contributed by atoms with E-state index in [-0.39, 0.29) is 5.41 Å². The number of hydrogen-bond donors (Lipinski definition) is 1. The molecule has 0 spiro atoms. The van der Waals surface area contributed by atoms with Gasteiger partial charge in [-0.05, 0) is 30.7 Å². The second kappa shape index (κ2) is 4.37. The zero-order valence-electron chi connectivity index (χ0n) is 10.4. The largest absolute Gasteiger partial charge is 0.323 e.